The van der Waals surface area contributed by atoms with Crippen LogP contribution in [0.3, 0.4) is 0 Å². The minimum absolute atomic E-state index is 0.00110. The molecule has 3 aliphatic rings. The minimum atomic E-state index is -0.986. The van der Waals surface area contributed by atoms with E-state index in [1.54, 1.807) is 0 Å². The number of aliphatic hydroxyl groups excluding tert-OH is 1. The zero-order valence-corrected chi connectivity index (χ0v) is 11.6. The number of hydrogen-bond donors (Lipinski definition) is 2. The first-order valence-corrected chi connectivity index (χ1v) is 6.80. The van der Waals surface area contributed by atoms with E-state index in [9.17, 15) is 19.8 Å². The Morgan fingerprint density at radius 2 is 2.00 bits per heavy atom. The molecule has 104 valence electrons. The highest BCUT2D eigenvalue weighted by Gasteiger charge is 2.75. The summed E-state index contributed by atoms with van der Waals surface area (Å²) >= 11 is 0. The number of fused-ring (bicyclic) bond motifs is 2. The summed E-state index contributed by atoms with van der Waals surface area (Å²) < 4.78 is 0. The van der Waals surface area contributed by atoms with Gasteiger partial charge in [0.2, 0.25) is 0 Å². The van der Waals surface area contributed by atoms with Crippen LogP contribution in [-0.2, 0) is 9.59 Å². The molecule has 0 spiro atoms. The number of carbonyl (C=O) groups excluding carboxylic acids is 1. The predicted molar refractivity (Wildman–Crippen MR) is 68.4 cm³/mol. The average Bonchev–Trinajstić information content (AvgIpc) is 2.79. The molecule has 3 rings (SSSR count). The second-order valence-electron chi connectivity index (χ2n) is 7.49. The standard InChI is InChI=1S/C15H20O4/c1-13(2)4-8-9(5-13)11(17)14(3)6-15(14,7-16)10(8)12(18)19/h7,9,11,17H,4-6H2,1-3H3,(H,18,19). The molecule has 4 unspecified atom stereocenters. The van der Waals surface area contributed by atoms with Crippen molar-refractivity contribution in [3.63, 3.8) is 0 Å². The van der Waals surface area contributed by atoms with Gasteiger partial charge in [-0.3, -0.25) is 0 Å². The van der Waals surface area contributed by atoms with E-state index in [0.29, 0.717) is 12.8 Å². The van der Waals surface area contributed by atoms with Gasteiger partial charge in [-0.25, -0.2) is 4.79 Å². The molecular formula is C15H20O4. The van der Waals surface area contributed by atoms with E-state index in [2.05, 4.69) is 13.8 Å². The van der Waals surface area contributed by atoms with E-state index < -0.39 is 22.9 Å². The highest BCUT2D eigenvalue weighted by molar-refractivity contribution is 5.98. The van der Waals surface area contributed by atoms with Gasteiger partial charge in [0.05, 0.1) is 17.1 Å². The number of carbonyl (C=O) groups is 2. The Morgan fingerprint density at radius 3 is 2.53 bits per heavy atom. The Hall–Kier alpha value is -1.16. The highest BCUT2D eigenvalue weighted by atomic mass is 16.4. The molecule has 0 amide bonds. The van der Waals surface area contributed by atoms with Crippen LogP contribution >= 0.6 is 0 Å². The van der Waals surface area contributed by atoms with Gasteiger partial charge in [-0.15, -0.1) is 0 Å². The number of hydrogen-bond acceptors (Lipinski definition) is 3. The number of aldehydes is 1. The van der Waals surface area contributed by atoms with Crippen molar-refractivity contribution in [2.24, 2.45) is 22.2 Å². The predicted octanol–water partition coefficient (Wildman–Crippen LogP) is 1.77. The summed E-state index contributed by atoms with van der Waals surface area (Å²) in [5, 5.41) is 20.1. The molecule has 2 saturated carbocycles. The van der Waals surface area contributed by atoms with E-state index in [-0.39, 0.29) is 16.9 Å². The van der Waals surface area contributed by atoms with Crippen molar-refractivity contribution in [3.8, 4) is 0 Å². The van der Waals surface area contributed by atoms with E-state index in [1.165, 1.54) is 0 Å². The summed E-state index contributed by atoms with van der Waals surface area (Å²) in [6.07, 6.45) is 2.09. The van der Waals surface area contributed by atoms with Gasteiger partial charge in [0.25, 0.3) is 0 Å². The lowest BCUT2D eigenvalue weighted by atomic mass is 9.70. The fraction of sp³-hybridized carbons (Fsp3) is 0.733. The molecule has 0 radical (unpaired) electrons. The summed E-state index contributed by atoms with van der Waals surface area (Å²) in [6.45, 7) is 6.02. The van der Waals surface area contributed by atoms with Gasteiger partial charge in [-0.1, -0.05) is 26.3 Å². The van der Waals surface area contributed by atoms with E-state index in [4.69, 9.17) is 0 Å². The van der Waals surface area contributed by atoms with E-state index >= 15 is 0 Å². The quantitative estimate of drug-likeness (QED) is 0.745. The van der Waals surface area contributed by atoms with Gasteiger partial charge in [0, 0.05) is 11.3 Å². The van der Waals surface area contributed by atoms with E-state index in [0.717, 1.165) is 18.3 Å². The Bertz CT molecular complexity index is 518. The molecule has 2 fully saturated rings. The number of carboxylic acid groups (broad SMARTS) is 1. The van der Waals surface area contributed by atoms with Crippen LogP contribution in [0.4, 0.5) is 0 Å². The SMILES string of the molecule is CC1(C)CC2=C(C(=O)O)C3(C=O)CC3(C)C(O)C2C1. The van der Waals surface area contributed by atoms with Crippen molar-refractivity contribution in [1.82, 2.24) is 0 Å². The third-order valence-electron chi connectivity index (χ3n) is 5.65. The van der Waals surface area contributed by atoms with Crippen molar-refractivity contribution >= 4 is 12.3 Å². The lowest BCUT2D eigenvalue weighted by Crippen LogP contribution is -2.40. The maximum atomic E-state index is 11.7. The Labute approximate surface area is 112 Å². The number of aliphatic hydroxyl groups is 1. The van der Waals surface area contributed by atoms with Crippen molar-refractivity contribution in [2.75, 3.05) is 0 Å². The second kappa shape index (κ2) is 3.29. The van der Waals surface area contributed by atoms with Crippen LogP contribution in [0.15, 0.2) is 11.1 Å². The number of rotatable bonds is 2. The summed E-state index contributed by atoms with van der Waals surface area (Å²) in [7, 11) is 0. The van der Waals surface area contributed by atoms with Crippen LogP contribution in [0.5, 0.6) is 0 Å². The van der Waals surface area contributed by atoms with Crippen molar-refractivity contribution in [1.29, 1.82) is 0 Å². The topological polar surface area (TPSA) is 74.6 Å². The van der Waals surface area contributed by atoms with Crippen molar-refractivity contribution in [2.45, 2.75) is 46.1 Å². The molecule has 0 heterocycles. The molecule has 4 nitrogen and oxygen atoms in total. The highest BCUT2D eigenvalue weighted by Crippen LogP contribution is 2.74. The Balaban J connectivity index is 2.21. The fourth-order valence-corrected chi connectivity index (χ4v) is 4.58. The van der Waals surface area contributed by atoms with Gasteiger partial charge in [-0.05, 0) is 24.7 Å². The van der Waals surface area contributed by atoms with Gasteiger partial charge >= 0.3 is 5.97 Å². The zero-order chi connectivity index (χ0) is 14.2. The maximum Gasteiger partial charge on any atom is 0.332 e. The lowest BCUT2D eigenvalue weighted by molar-refractivity contribution is -0.135. The first kappa shape index (κ1) is 12.9. The fourth-order valence-electron chi connectivity index (χ4n) is 4.58. The van der Waals surface area contributed by atoms with Gasteiger partial charge in [0.15, 0.2) is 0 Å². The minimum Gasteiger partial charge on any atom is -0.478 e. The summed E-state index contributed by atoms with van der Waals surface area (Å²) in [4.78, 5) is 23.2. The van der Waals surface area contributed by atoms with Crippen LogP contribution in [0, 0.1) is 22.2 Å². The average molecular weight is 264 g/mol. The van der Waals surface area contributed by atoms with Gasteiger partial charge in [0.1, 0.15) is 6.29 Å². The van der Waals surface area contributed by atoms with Crippen LogP contribution in [-0.4, -0.2) is 28.6 Å². The van der Waals surface area contributed by atoms with Crippen molar-refractivity contribution in [3.05, 3.63) is 11.1 Å². The molecule has 0 aromatic carbocycles. The lowest BCUT2D eigenvalue weighted by Gasteiger charge is -2.35. The van der Waals surface area contributed by atoms with Crippen LogP contribution in [0.1, 0.15) is 40.0 Å². The molecular weight excluding hydrogens is 244 g/mol. The number of aliphatic carboxylic acids is 1. The first-order valence-electron chi connectivity index (χ1n) is 6.80. The third-order valence-corrected chi connectivity index (χ3v) is 5.65. The smallest absolute Gasteiger partial charge is 0.332 e. The molecule has 19 heavy (non-hydrogen) atoms. The monoisotopic (exact) mass is 264 g/mol. The normalized spacial score (nSPS) is 46.5. The summed E-state index contributed by atoms with van der Waals surface area (Å²) in [5.41, 5.74) is -0.446. The number of carboxylic acids is 1. The molecule has 0 saturated heterocycles. The molecule has 3 aliphatic carbocycles. The zero-order valence-electron chi connectivity index (χ0n) is 11.6. The Kier molecular flexibility index (Phi) is 2.23. The molecule has 0 bridgehead atoms. The van der Waals surface area contributed by atoms with Gasteiger partial charge < -0.3 is 15.0 Å². The molecule has 2 N–H and O–H groups in total. The first-order chi connectivity index (χ1) is 8.68. The van der Waals surface area contributed by atoms with Crippen LogP contribution in [0.2, 0.25) is 0 Å². The molecule has 0 aromatic rings. The molecule has 0 aliphatic heterocycles. The summed E-state index contributed by atoms with van der Waals surface area (Å²) in [6, 6.07) is 0. The maximum absolute atomic E-state index is 11.7. The Morgan fingerprint density at radius 1 is 1.37 bits per heavy atom. The second-order valence-corrected chi connectivity index (χ2v) is 7.49. The third kappa shape index (κ3) is 1.33. The van der Waals surface area contributed by atoms with Crippen molar-refractivity contribution < 1.29 is 19.8 Å². The van der Waals surface area contributed by atoms with E-state index in [1.807, 2.05) is 6.92 Å². The molecule has 0 aromatic heterocycles. The van der Waals surface area contributed by atoms with Crippen LogP contribution < -0.4 is 0 Å². The largest absolute Gasteiger partial charge is 0.478 e. The van der Waals surface area contributed by atoms with Crippen LogP contribution in [0.25, 0.3) is 0 Å². The molecule has 4 atom stereocenters. The van der Waals surface area contributed by atoms with Gasteiger partial charge in [-0.2, -0.15) is 0 Å². The summed E-state index contributed by atoms with van der Waals surface area (Å²) in [5.74, 6) is -1.08. The molecule has 4 heteroatoms.